The first-order valence-corrected chi connectivity index (χ1v) is 12.1. The summed E-state index contributed by atoms with van der Waals surface area (Å²) in [5.74, 6) is -0.0897. The highest BCUT2D eigenvalue weighted by atomic mass is 35.5. The van der Waals surface area contributed by atoms with Crippen LogP contribution >= 0.6 is 23.4 Å². The Morgan fingerprint density at radius 1 is 0.971 bits per heavy atom. The molecule has 0 fully saturated rings. The lowest BCUT2D eigenvalue weighted by molar-refractivity contribution is -0.113. The number of aryl methyl sites for hydroxylation is 1. The van der Waals surface area contributed by atoms with E-state index >= 15 is 0 Å². The zero-order chi connectivity index (χ0) is 23.7. The number of thioether (sulfide) groups is 1. The van der Waals surface area contributed by atoms with Gasteiger partial charge >= 0.3 is 0 Å². The Labute approximate surface area is 205 Å². The van der Waals surface area contributed by atoms with Crippen molar-refractivity contribution in [2.24, 2.45) is 0 Å². The van der Waals surface area contributed by atoms with Gasteiger partial charge in [0.05, 0.1) is 22.3 Å². The minimum atomic E-state index is -0.206. The second-order valence-corrected chi connectivity index (χ2v) is 9.23. The van der Waals surface area contributed by atoms with Crippen LogP contribution in [0.4, 0.5) is 5.69 Å². The number of benzene rings is 4. The number of halogens is 1. The number of para-hydroxylation sites is 1. The Kier molecular flexibility index (Phi) is 6.09. The van der Waals surface area contributed by atoms with Gasteiger partial charge in [-0.1, -0.05) is 71.9 Å². The number of hydrogen-bond donors (Lipinski definition) is 1. The summed E-state index contributed by atoms with van der Waals surface area (Å²) in [5, 5.41) is 6.58. The molecule has 4 aromatic carbocycles. The summed E-state index contributed by atoms with van der Waals surface area (Å²) in [7, 11) is 0. The van der Waals surface area contributed by atoms with Crippen LogP contribution in [0.3, 0.4) is 0 Å². The largest absolute Gasteiger partial charge is 0.325 e. The summed E-state index contributed by atoms with van der Waals surface area (Å²) in [6.45, 7) is 1.90. The van der Waals surface area contributed by atoms with E-state index in [-0.39, 0.29) is 17.2 Å². The van der Waals surface area contributed by atoms with Crippen molar-refractivity contribution in [1.82, 2.24) is 9.55 Å². The zero-order valence-corrected chi connectivity index (χ0v) is 19.9. The quantitative estimate of drug-likeness (QED) is 0.237. The molecule has 0 aliphatic carbocycles. The molecule has 0 bridgehead atoms. The van der Waals surface area contributed by atoms with Crippen LogP contribution in [0.25, 0.3) is 27.4 Å². The molecule has 5 aromatic rings. The van der Waals surface area contributed by atoms with Gasteiger partial charge in [-0.3, -0.25) is 14.2 Å². The number of amides is 1. The van der Waals surface area contributed by atoms with Crippen molar-refractivity contribution < 1.29 is 4.79 Å². The topological polar surface area (TPSA) is 64.0 Å². The Hall–Kier alpha value is -3.61. The maximum atomic E-state index is 13.4. The smallest absolute Gasteiger partial charge is 0.266 e. The van der Waals surface area contributed by atoms with E-state index in [0.29, 0.717) is 26.8 Å². The molecule has 1 aromatic heterocycles. The number of nitrogens with zero attached hydrogens (tertiary/aromatic N) is 2. The number of carbonyl (C=O) groups excluding carboxylic acids is 1. The first-order valence-electron chi connectivity index (χ1n) is 10.7. The normalized spacial score (nSPS) is 11.1. The van der Waals surface area contributed by atoms with Crippen molar-refractivity contribution in [3.05, 3.63) is 106 Å². The maximum absolute atomic E-state index is 13.4. The average Bonchev–Trinajstić information content (AvgIpc) is 2.85. The summed E-state index contributed by atoms with van der Waals surface area (Å²) in [6.07, 6.45) is 0. The molecule has 0 unspecified atom stereocenters. The molecule has 34 heavy (non-hydrogen) atoms. The fourth-order valence-corrected chi connectivity index (χ4v) is 4.74. The maximum Gasteiger partial charge on any atom is 0.266 e. The van der Waals surface area contributed by atoms with Crippen molar-refractivity contribution >= 4 is 56.6 Å². The van der Waals surface area contributed by atoms with Gasteiger partial charge in [0.15, 0.2) is 5.16 Å². The highest BCUT2D eigenvalue weighted by Crippen LogP contribution is 2.25. The Bertz CT molecular complexity index is 1610. The molecule has 1 N–H and O–H groups in total. The molecule has 7 heteroatoms. The summed E-state index contributed by atoms with van der Waals surface area (Å²) in [4.78, 5) is 30.8. The lowest BCUT2D eigenvalue weighted by Gasteiger charge is -2.14. The van der Waals surface area contributed by atoms with Crippen molar-refractivity contribution in [3.8, 4) is 5.69 Å². The van der Waals surface area contributed by atoms with Gasteiger partial charge in [-0.2, -0.15) is 0 Å². The fourth-order valence-electron chi connectivity index (χ4n) is 3.75. The summed E-state index contributed by atoms with van der Waals surface area (Å²) in [6, 6.07) is 26.4. The van der Waals surface area contributed by atoms with Crippen LogP contribution in [-0.2, 0) is 4.79 Å². The van der Waals surface area contributed by atoms with Gasteiger partial charge in [-0.15, -0.1) is 0 Å². The number of rotatable bonds is 5. The van der Waals surface area contributed by atoms with Gasteiger partial charge in [0.2, 0.25) is 5.91 Å². The van der Waals surface area contributed by atoms with Gasteiger partial charge in [-0.25, -0.2) is 4.98 Å². The van der Waals surface area contributed by atoms with Gasteiger partial charge in [0.1, 0.15) is 0 Å². The molecule has 1 amide bonds. The van der Waals surface area contributed by atoms with Crippen LogP contribution in [0.2, 0.25) is 5.02 Å². The summed E-state index contributed by atoms with van der Waals surface area (Å²) < 4.78 is 1.52. The van der Waals surface area contributed by atoms with Crippen LogP contribution in [0.1, 0.15) is 5.56 Å². The lowest BCUT2D eigenvalue weighted by Crippen LogP contribution is -2.23. The molecule has 0 aliphatic heterocycles. The third-order valence-electron chi connectivity index (χ3n) is 5.52. The highest BCUT2D eigenvalue weighted by molar-refractivity contribution is 7.99. The molecule has 0 saturated carbocycles. The number of anilines is 1. The second kappa shape index (κ2) is 9.33. The predicted molar refractivity (Wildman–Crippen MR) is 140 cm³/mol. The second-order valence-electron chi connectivity index (χ2n) is 7.88. The summed E-state index contributed by atoms with van der Waals surface area (Å²) in [5.41, 5.74) is 2.62. The van der Waals surface area contributed by atoms with E-state index in [1.165, 1.54) is 16.3 Å². The molecule has 0 spiro atoms. The SMILES string of the molecule is Cc1ccc(-n2c(SCC(=O)Nc3ccc4ccccc4c3)nc3ccccc3c2=O)cc1Cl. The number of nitrogens with one attached hydrogen (secondary N) is 1. The summed E-state index contributed by atoms with van der Waals surface area (Å²) >= 11 is 7.55. The van der Waals surface area contributed by atoms with Crippen molar-refractivity contribution in [1.29, 1.82) is 0 Å². The van der Waals surface area contributed by atoms with E-state index in [1.807, 2.05) is 73.7 Å². The van der Waals surface area contributed by atoms with E-state index in [0.717, 1.165) is 22.0 Å². The predicted octanol–water partition coefficient (Wildman–Crippen LogP) is 6.23. The number of fused-ring (bicyclic) bond motifs is 2. The number of carbonyl (C=O) groups is 1. The van der Waals surface area contributed by atoms with Crippen LogP contribution in [0.15, 0.2) is 94.9 Å². The lowest BCUT2D eigenvalue weighted by atomic mass is 10.1. The fraction of sp³-hybridized carbons (Fsp3) is 0.0741. The van der Waals surface area contributed by atoms with Crippen LogP contribution in [0, 0.1) is 6.92 Å². The van der Waals surface area contributed by atoms with Crippen molar-refractivity contribution in [3.63, 3.8) is 0 Å². The van der Waals surface area contributed by atoms with Crippen LogP contribution in [-0.4, -0.2) is 21.2 Å². The number of hydrogen-bond acceptors (Lipinski definition) is 4. The van der Waals surface area contributed by atoms with E-state index in [9.17, 15) is 9.59 Å². The van der Waals surface area contributed by atoms with Crippen LogP contribution in [0.5, 0.6) is 0 Å². The first kappa shape index (κ1) is 22.2. The third kappa shape index (κ3) is 4.42. The minimum absolute atomic E-state index is 0.0944. The molecular formula is C27H20ClN3O2S. The van der Waals surface area contributed by atoms with Crippen molar-refractivity contribution in [2.45, 2.75) is 12.1 Å². The Morgan fingerprint density at radius 2 is 1.74 bits per heavy atom. The highest BCUT2D eigenvalue weighted by Gasteiger charge is 2.15. The Morgan fingerprint density at radius 3 is 2.56 bits per heavy atom. The van der Waals surface area contributed by atoms with E-state index < -0.39 is 0 Å². The molecule has 0 saturated heterocycles. The molecular weight excluding hydrogens is 466 g/mol. The monoisotopic (exact) mass is 485 g/mol. The molecule has 168 valence electrons. The Balaban J connectivity index is 1.45. The minimum Gasteiger partial charge on any atom is -0.325 e. The first-order chi connectivity index (χ1) is 16.5. The van der Waals surface area contributed by atoms with Gasteiger partial charge < -0.3 is 5.32 Å². The van der Waals surface area contributed by atoms with Crippen molar-refractivity contribution in [2.75, 3.05) is 11.1 Å². The molecule has 0 atom stereocenters. The molecule has 0 radical (unpaired) electrons. The van der Waals surface area contributed by atoms with Crippen LogP contribution < -0.4 is 10.9 Å². The third-order valence-corrected chi connectivity index (χ3v) is 6.87. The zero-order valence-electron chi connectivity index (χ0n) is 18.3. The van der Waals surface area contributed by atoms with Gasteiger partial charge in [0, 0.05) is 10.7 Å². The molecule has 5 nitrogen and oxygen atoms in total. The van der Waals surface area contributed by atoms with Gasteiger partial charge in [0.25, 0.3) is 5.56 Å². The standard InChI is InChI=1S/C27H20ClN3O2S/c1-17-10-13-21(15-23(17)28)31-26(33)22-8-4-5-9-24(22)30-27(31)34-16-25(32)29-20-12-11-18-6-2-3-7-19(18)14-20/h2-15H,16H2,1H3,(H,29,32). The molecule has 1 heterocycles. The average molecular weight is 486 g/mol. The van der Waals surface area contributed by atoms with E-state index in [4.69, 9.17) is 11.6 Å². The van der Waals surface area contributed by atoms with E-state index in [1.54, 1.807) is 18.2 Å². The molecule has 5 rings (SSSR count). The van der Waals surface area contributed by atoms with Gasteiger partial charge in [-0.05, 0) is 59.7 Å². The molecule has 0 aliphatic rings. The number of aromatic nitrogens is 2. The van der Waals surface area contributed by atoms with E-state index in [2.05, 4.69) is 10.3 Å².